The molecule has 5 rings (SSSR count). The first kappa shape index (κ1) is 24.2. The molecule has 1 fully saturated rings. The number of anilines is 4. The number of carbonyl (C=O) groups excluding carboxylic acids is 1. The number of hydrogen-bond acceptors (Lipinski definition) is 11. The molecule has 11 nitrogen and oxygen atoms in total. The van der Waals surface area contributed by atoms with Gasteiger partial charge in [-0.3, -0.25) is 10.2 Å². The summed E-state index contributed by atoms with van der Waals surface area (Å²) in [4.78, 5) is 28.5. The van der Waals surface area contributed by atoms with E-state index in [4.69, 9.17) is 20.4 Å². The molecule has 0 aliphatic carbocycles. The first-order valence-electron chi connectivity index (χ1n) is 12.0. The second kappa shape index (κ2) is 10.2. The molecule has 190 valence electrons. The second-order valence-electron chi connectivity index (χ2n) is 9.06. The number of nitrogens with zero attached hydrogens (tertiary/aromatic N) is 4. The lowest BCUT2D eigenvalue weighted by Gasteiger charge is -2.30. The van der Waals surface area contributed by atoms with Gasteiger partial charge in [-0.2, -0.15) is 4.98 Å². The van der Waals surface area contributed by atoms with Gasteiger partial charge in [0.25, 0.3) is 6.01 Å². The maximum Gasteiger partial charge on any atom is 0.312 e. The van der Waals surface area contributed by atoms with Crippen molar-refractivity contribution < 1.29 is 14.0 Å². The van der Waals surface area contributed by atoms with Gasteiger partial charge in [0.1, 0.15) is 23.5 Å². The molecule has 5 N–H and O–H groups in total. The lowest BCUT2D eigenvalue weighted by molar-refractivity contribution is -0.178. The van der Waals surface area contributed by atoms with Gasteiger partial charge in [-0.25, -0.2) is 9.97 Å². The van der Waals surface area contributed by atoms with E-state index in [1.807, 2.05) is 44.2 Å². The van der Waals surface area contributed by atoms with Gasteiger partial charge >= 0.3 is 6.47 Å². The third-order valence-corrected chi connectivity index (χ3v) is 6.36. The summed E-state index contributed by atoms with van der Waals surface area (Å²) < 4.78 is 5.89. The molecule has 3 heterocycles. The van der Waals surface area contributed by atoms with Gasteiger partial charge in [-0.1, -0.05) is 18.2 Å². The summed E-state index contributed by atoms with van der Waals surface area (Å²) in [6, 6.07) is 11.9. The molecule has 37 heavy (non-hydrogen) atoms. The first-order chi connectivity index (χ1) is 17.9. The Morgan fingerprint density at radius 2 is 1.95 bits per heavy atom. The Hall–Kier alpha value is -4.51. The van der Waals surface area contributed by atoms with Crippen LogP contribution < -0.4 is 16.4 Å². The maximum atomic E-state index is 10.6. The Kier molecular flexibility index (Phi) is 6.69. The molecule has 2 aromatic carbocycles. The van der Waals surface area contributed by atoms with Crippen LogP contribution >= 0.6 is 0 Å². The van der Waals surface area contributed by atoms with Crippen molar-refractivity contribution >= 4 is 46.6 Å². The second-order valence-corrected chi connectivity index (χ2v) is 9.06. The fourth-order valence-electron chi connectivity index (χ4n) is 4.53. The zero-order valence-corrected chi connectivity index (χ0v) is 20.6. The van der Waals surface area contributed by atoms with Crippen LogP contribution in [0.1, 0.15) is 35.1 Å². The maximum absolute atomic E-state index is 10.6. The van der Waals surface area contributed by atoms with Crippen molar-refractivity contribution in [2.75, 3.05) is 29.5 Å². The van der Waals surface area contributed by atoms with Crippen molar-refractivity contribution in [2.45, 2.75) is 32.7 Å². The molecule has 11 heteroatoms. The summed E-state index contributed by atoms with van der Waals surface area (Å²) >= 11 is 0. The molecule has 0 bridgehead atoms. The third-order valence-electron chi connectivity index (χ3n) is 6.36. The average Bonchev–Trinajstić information content (AvgIpc) is 3.28. The van der Waals surface area contributed by atoms with Crippen LogP contribution in [0.4, 0.5) is 23.3 Å². The third kappa shape index (κ3) is 5.21. The first-order valence-corrected chi connectivity index (χ1v) is 12.0. The zero-order chi connectivity index (χ0) is 25.9. The van der Waals surface area contributed by atoms with Crippen molar-refractivity contribution in [1.82, 2.24) is 20.0 Å². The van der Waals surface area contributed by atoms with Crippen LogP contribution in [0, 0.1) is 19.3 Å². The number of hydroxylamine groups is 2. The SMILES string of the molecule is Cc1cc(C)c2oc(Nc3ccc(C(=N)c4c(N)ncnc4NC4CCN(OC=O)CC4)cc3)nc2c1. The minimum absolute atomic E-state index is 0.0997. The van der Waals surface area contributed by atoms with E-state index in [0.717, 1.165) is 40.8 Å². The van der Waals surface area contributed by atoms with Gasteiger partial charge in [0.05, 0.1) is 11.3 Å². The highest BCUT2D eigenvalue weighted by Crippen LogP contribution is 2.28. The fourth-order valence-corrected chi connectivity index (χ4v) is 4.53. The smallest absolute Gasteiger partial charge is 0.312 e. The van der Waals surface area contributed by atoms with Crippen LogP contribution in [-0.4, -0.2) is 51.3 Å². The van der Waals surface area contributed by atoms with E-state index in [2.05, 4.69) is 31.7 Å². The van der Waals surface area contributed by atoms with Gasteiger partial charge in [0, 0.05) is 30.4 Å². The summed E-state index contributed by atoms with van der Waals surface area (Å²) in [5.74, 6) is 0.732. The Morgan fingerprint density at radius 3 is 2.68 bits per heavy atom. The Labute approximate surface area is 213 Å². The van der Waals surface area contributed by atoms with Crippen LogP contribution in [0.25, 0.3) is 11.1 Å². The number of nitrogens with one attached hydrogen (secondary N) is 3. The van der Waals surface area contributed by atoms with Gasteiger partial charge in [-0.05, 0) is 56.0 Å². The Bertz CT molecular complexity index is 1440. The van der Waals surface area contributed by atoms with Gasteiger partial charge < -0.3 is 25.6 Å². The fraction of sp³-hybridized carbons (Fsp3) is 0.269. The summed E-state index contributed by atoms with van der Waals surface area (Å²) in [6.07, 6.45) is 2.88. The molecule has 0 radical (unpaired) electrons. The van der Waals surface area contributed by atoms with Crippen molar-refractivity contribution in [2.24, 2.45) is 0 Å². The summed E-state index contributed by atoms with van der Waals surface area (Å²) in [7, 11) is 0. The number of benzene rings is 2. The molecule has 2 aromatic heterocycles. The highest BCUT2D eigenvalue weighted by molar-refractivity contribution is 6.16. The number of aromatic nitrogens is 3. The standard InChI is InChI=1S/C26H28N8O3/c1-15-11-16(2)23-20(12-15)33-26(37-23)32-18-5-3-17(4-6-18)22(27)21-24(28)29-13-30-25(21)31-19-7-9-34(10-8-19)36-14-35/h3-6,11-14,19,27H,7-10H2,1-2H3,(H,32,33)(H3,28,29,30,31). The molecule has 1 aliphatic rings. The lowest BCUT2D eigenvalue weighted by atomic mass is 10.0. The van der Waals surface area contributed by atoms with E-state index < -0.39 is 0 Å². The molecule has 0 unspecified atom stereocenters. The predicted octanol–water partition coefficient (Wildman–Crippen LogP) is 3.94. The van der Waals surface area contributed by atoms with Crippen molar-refractivity contribution in [3.63, 3.8) is 0 Å². The average molecular weight is 501 g/mol. The van der Waals surface area contributed by atoms with E-state index in [9.17, 15) is 4.79 Å². The van der Waals surface area contributed by atoms with E-state index in [0.29, 0.717) is 42.5 Å². The van der Waals surface area contributed by atoms with Crippen molar-refractivity contribution in [3.05, 3.63) is 65.0 Å². The van der Waals surface area contributed by atoms with E-state index in [1.165, 1.54) is 6.33 Å². The normalized spacial score (nSPS) is 14.4. The van der Waals surface area contributed by atoms with E-state index in [-0.39, 0.29) is 17.6 Å². The lowest BCUT2D eigenvalue weighted by Crippen LogP contribution is -2.39. The van der Waals surface area contributed by atoms with Crippen LogP contribution in [0.3, 0.4) is 0 Å². The summed E-state index contributed by atoms with van der Waals surface area (Å²) in [5, 5.41) is 17.1. The number of piperidine rings is 1. The van der Waals surface area contributed by atoms with Crippen LogP contribution in [-0.2, 0) is 9.63 Å². The molecule has 0 atom stereocenters. The highest BCUT2D eigenvalue weighted by Gasteiger charge is 2.23. The number of nitrogen functional groups attached to an aromatic ring is 1. The molecular formula is C26H28N8O3. The number of hydrogen-bond donors (Lipinski definition) is 4. The van der Waals surface area contributed by atoms with Crippen LogP contribution in [0.2, 0.25) is 0 Å². The predicted molar refractivity (Wildman–Crippen MR) is 141 cm³/mol. The molecule has 0 spiro atoms. The number of nitrogens with two attached hydrogens (primary N) is 1. The van der Waals surface area contributed by atoms with Gasteiger partial charge in [-0.15, -0.1) is 5.06 Å². The van der Waals surface area contributed by atoms with Gasteiger partial charge in [0.15, 0.2) is 5.58 Å². The molecule has 1 saturated heterocycles. The molecule has 0 saturated carbocycles. The number of carbonyl (C=O) groups is 1. The monoisotopic (exact) mass is 500 g/mol. The Morgan fingerprint density at radius 1 is 1.19 bits per heavy atom. The molecule has 0 amide bonds. The van der Waals surface area contributed by atoms with E-state index in [1.54, 1.807) is 5.06 Å². The van der Waals surface area contributed by atoms with Crippen molar-refractivity contribution in [1.29, 1.82) is 5.41 Å². The largest absolute Gasteiger partial charge is 0.423 e. The van der Waals surface area contributed by atoms with E-state index >= 15 is 0 Å². The highest BCUT2D eigenvalue weighted by atomic mass is 16.7. The minimum Gasteiger partial charge on any atom is -0.423 e. The van der Waals surface area contributed by atoms with Crippen LogP contribution in [0.5, 0.6) is 0 Å². The number of aryl methyl sites for hydroxylation is 2. The number of fused-ring (bicyclic) bond motifs is 1. The Balaban J connectivity index is 1.31. The summed E-state index contributed by atoms with van der Waals surface area (Å²) in [6.45, 7) is 5.68. The molecule has 4 aromatic rings. The molecular weight excluding hydrogens is 472 g/mol. The number of oxazole rings is 1. The van der Waals surface area contributed by atoms with Crippen LogP contribution in [0.15, 0.2) is 47.1 Å². The quantitative estimate of drug-likeness (QED) is 0.206. The van der Waals surface area contributed by atoms with Gasteiger partial charge in [0.2, 0.25) is 0 Å². The topological polar surface area (TPSA) is 155 Å². The number of rotatable bonds is 8. The molecule has 1 aliphatic heterocycles. The van der Waals surface area contributed by atoms with Crippen molar-refractivity contribution in [3.8, 4) is 0 Å². The minimum atomic E-state index is 0.0997. The zero-order valence-electron chi connectivity index (χ0n) is 20.6. The summed E-state index contributed by atoms with van der Waals surface area (Å²) in [5.41, 5.74) is 12.0.